The van der Waals surface area contributed by atoms with E-state index in [1.165, 1.54) is 6.42 Å². The van der Waals surface area contributed by atoms with Gasteiger partial charge in [0, 0.05) is 17.3 Å². The van der Waals surface area contributed by atoms with Gasteiger partial charge < -0.3 is 8.85 Å². The fraction of sp³-hybridized carbons (Fsp3) is 0.903. The van der Waals surface area contributed by atoms with Crippen molar-refractivity contribution >= 4 is 22.4 Å². The zero-order valence-electron chi connectivity index (χ0n) is 25.6. The van der Waals surface area contributed by atoms with E-state index in [0.29, 0.717) is 23.5 Å². The van der Waals surface area contributed by atoms with Crippen LogP contribution >= 0.6 is 0 Å². The fourth-order valence-electron chi connectivity index (χ4n) is 7.82. The van der Waals surface area contributed by atoms with Crippen molar-refractivity contribution in [1.29, 1.82) is 0 Å². The van der Waals surface area contributed by atoms with Crippen LogP contribution in [0.25, 0.3) is 0 Å². The van der Waals surface area contributed by atoms with Crippen LogP contribution in [0.2, 0.25) is 36.3 Å². The molecule has 0 amide bonds. The third-order valence-electron chi connectivity index (χ3n) is 12.3. The lowest BCUT2D eigenvalue weighted by molar-refractivity contribution is -0.134. The number of ketones is 1. The van der Waals surface area contributed by atoms with Gasteiger partial charge in [0.25, 0.3) is 0 Å². The molecular weight excluding hydrogens is 477 g/mol. The number of fused-ring (bicyclic) bond motifs is 5. The SMILES string of the molecule is CC(C)(C)[Si](C)(C)O[C@@H]1CC2=CC[C@@H]3[C@H](CC[C@]4(C)C(=O)CC[C@@H]34)[C@@]2(C)[C@@H](O[Si](C)(C)C(C)(C)C)C1. The molecule has 0 N–H and O–H groups in total. The van der Waals surface area contributed by atoms with Crippen LogP contribution in [-0.4, -0.2) is 34.6 Å². The first-order valence-electron chi connectivity index (χ1n) is 14.8. The maximum atomic E-state index is 12.9. The summed E-state index contributed by atoms with van der Waals surface area (Å²) >= 11 is 0. The zero-order valence-corrected chi connectivity index (χ0v) is 27.6. The smallest absolute Gasteiger partial charge is 0.192 e. The van der Waals surface area contributed by atoms with E-state index in [9.17, 15) is 4.79 Å². The molecule has 0 spiro atoms. The van der Waals surface area contributed by atoms with Crippen LogP contribution in [0.5, 0.6) is 0 Å². The number of hydrogen-bond acceptors (Lipinski definition) is 3. The molecule has 4 aliphatic carbocycles. The van der Waals surface area contributed by atoms with Crippen molar-refractivity contribution in [1.82, 2.24) is 0 Å². The van der Waals surface area contributed by atoms with Crippen LogP contribution in [0.15, 0.2) is 11.6 Å². The summed E-state index contributed by atoms with van der Waals surface area (Å²) in [5, 5.41) is 0.385. The summed E-state index contributed by atoms with van der Waals surface area (Å²) in [5.41, 5.74) is 1.58. The molecule has 0 unspecified atom stereocenters. The number of allylic oxidation sites excluding steroid dienone is 1. The van der Waals surface area contributed by atoms with E-state index in [4.69, 9.17) is 8.85 Å². The van der Waals surface area contributed by atoms with Crippen molar-refractivity contribution in [2.45, 2.75) is 149 Å². The van der Waals surface area contributed by atoms with Crippen molar-refractivity contribution in [3.05, 3.63) is 11.6 Å². The zero-order chi connectivity index (χ0) is 27.1. The molecule has 0 saturated heterocycles. The lowest BCUT2D eigenvalue weighted by Gasteiger charge is -2.61. The number of carbonyl (C=O) groups excluding carboxylic acids is 1. The summed E-state index contributed by atoms with van der Waals surface area (Å²) in [6, 6.07) is 0. The second-order valence-electron chi connectivity index (χ2n) is 16.3. The number of hydrogen-bond donors (Lipinski definition) is 0. The van der Waals surface area contributed by atoms with Crippen molar-refractivity contribution in [2.75, 3.05) is 0 Å². The predicted molar refractivity (Wildman–Crippen MR) is 156 cm³/mol. The molecule has 0 aromatic rings. The summed E-state index contributed by atoms with van der Waals surface area (Å²) in [5.74, 6) is 2.32. The van der Waals surface area contributed by atoms with Gasteiger partial charge in [0.15, 0.2) is 16.6 Å². The van der Waals surface area contributed by atoms with Crippen LogP contribution < -0.4 is 0 Å². The Bertz CT molecular complexity index is 908. The molecule has 36 heavy (non-hydrogen) atoms. The highest BCUT2D eigenvalue weighted by atomic mass is 28.4. The van der Waals surface area contributed by atoms with Gasteiger partial charge in [-0.15, -0.1) is 0 Å². The Hall–Kier alpha value is -0.236. The molecule has 4 aliphatic rings. The topological polar surface area (TPSA) is 35.5 Å². The van der Waals surface area contributed by atoms with Crippen LogP contribution in [-0.2, 0) is 13.6 Å². The first kappa shape index (κ1) is 28.8. The molecule has 3 nitrogen and oxygen atoms in total. The van der Waals surface area contributed by atoms with Crippen molar-refractivity contribution in [3.63, 3.8) is 0 Å². The summed E-state index contributed by atoms with van der Waals surface area (Å²) in [7, 11) is -3.85. The molecule has 3 saturated carbocycles. The normalized spacial score (nSPS) is 39.8. The summed E-state index contributed by atoms with van der Waals surface area (Å²) in [4.78, 5) is 12.9. The molecular formula is C31H56O3Si2. The van der Waals surface area contributed by atoms with E-state index in [1.807, 2.05) is 0 Å². The predicted octanol–water partition coefficient (Wildman–Crippen LogP) is 8.91. The number of carbonyl (C=O) groups is 1. The van der Waals surface area contributed by atoms with Crippen LogP contribution in [0.4, 0.5) is 0 Å². The first-order valence-corrected chi connectivity index (χ1v) is 20.6. The lowest BCUT2D eigenvalue weighted by atomic mass is 9.47. The van der Waals surface area contributed by atoms with E-state index in [2.05, 4.69) is 87.7 Å². The third kappa shape index (κ3) is 4.50. The van der Waals surface area contributed by atoms with E-state index in [0.717, 1.165) is 38.5 Å². The Morgan fingerprint density at radius 2 is 1.47 bits per heavy atom. The maximum absolute atomic E-state index is 12.9. The van der Waals surface area contributed by atoms with Crippen LogP contribution in [0, 0.1) is 28.6 Å². The maximum Gasteiger partial charge on any atom is 0.192 e. The van der Waals surface area contributed by atoms with Crippen molar-refractivity contribution in [2.24, 2.45) is 28.6 Å². The van der Waals surface area contributed by atoms with Gasteiger partial charge in [-0.1, -0.05) is 67.0 Å². The highest BCUT2D eigenvalue weighted by Gasteiger charge is 2.62. The Morgan fingerprint density at radius 1 is 0.889 bits per heavy atom. The van der Waals surface area contributed by atoms with Gasteiger partial charge in [0.1, 0.15) is 5.78 Å². The summed E-state index contributed by atoms with van der Waals surface area (Å²) in [6.45, 7) is 28.6. The van der Waals surface area contributed by atoms with Gasteiger partial charge in [-0.2, -0.15) is 0 Å². The molecule has 0 aromatic carbocycles. The minimum Gasteiger partial charge on any atom is -0.414 e. The third-order valence-corrected chi connectivity index (χ3v) is 21.4. The molecule has 3 fully saturated rings. The van der Waals surface area contributed by atoms with Gasteiger partial charge in [0.2, 0.25) is 0 Å². The van der Waals surface area contributed by atoms with Gasteiger partial charge >= 0.3 is 0 Å². The number of Topliss-reactive ketones (excluding diaryl/α,β-unsaturated/α-hetero) is 1. The first-order chi connectivity index (χ1) is 16.2. The van der Waals surface area contributed by atoms with Gasteiger partial charge in [-0.3, -0.25) is 4.79 Å². The van der Waals surface area contributed by atoms with E-state index in [-0.39, 0.29) is 33.1 Å². The quantitative estimate of drug-likeness (QED) is 0.268. The average molecular weight is 533 g/mol. The van der Waals surface area contributed by atoms with Crippen molar-refractivity contribution < 1.29 is 13.6 Å². The van der Waals surface area contributed by atoms with Crippen LogP contribution in [0.3, 0.4) is 0 Å². The van der Waals surface area contributed by atoms with Crippen LogP contribution in [0.1, 0.15) is 100 Å². The average Bonchev–Trinajstić information content (AvgIpc) is 3.01. The van der Waals surface area contributed by atoms with E-state index in [1.54, 1.807) is 5.57 Å². The highest BCUT2D eigenvalue weighted by Crippen LogP contribution is 2.65. The Balaban J connectivity index is 1.72. The molecule has 0 heterocycles. The van der Waals surface area contributed by atoms with Gasteiger partial charge in [-0.25, -0.2) is 0 Å². The summed E-state index contributed by atoms with van der Waals surface area (Å²) < 4.78 is 14.5. The molecule has 0 radical (unpaired) electrons. The van der Waals surface area contributed by atoms with Gasteiger partial charge in [0.05, 0.1) is 12.2 Å². The van der Waals surface area contributed by atoms with E-state index >= 15 is 0 Å². The minimum atomic E-state index is -1.97. The standard InChI is InChI=1S/C31H56O3Si2/c1-28(2,3)35(9,10)33-22-19-21-13-14-23-24-15-16-26(32)30(24,7)18-17-25(23)31(21,8)27(20-22)34-36(11,12)29(4,5)6/h13,22-25,27H,14-20H2,1-12H3/t22-,23+,24+,25+,27+,30+,31+/m1/s1. The fourth-order valence-corrected chi connectivity index (χ4v) is 10.6. The van der Waals surface area contributed by atoms with Crippen molar-refractivity contribution in [3.8, 4) is 0 Å². The minimum absolute atomic E-state index is 0.0543. The second-order valence-corrected chi connectivity index (χ2v) is 25.9. The Kier molecular flexibility index (Phi) is 7.10. The molecule has 0 aliphatic heterocycles. The largest absolute Gasteiger partial charge is 0.414 e. The molecule has 0 bridgehead atoms. The monoisotopic (exact) mass is 532 g/mol. The molecule has 206 valence electrons. The molecule has 4 rings (SSSR count). The second kappa shape index (κ2) is 8.89. The summed E-state index contributed by atoms with van der Waals surface area (Å²) in [6.07, 6.45) is 10.4. The van der Waals surface area contributed by atoms with E-state index < -0.39 is 16.6 Å². The lowest BCUT2D eigenvalue weighted by Crippen LogP contribution is -2.60. The molecule has 5 heteroatoms. The molecule has 0 aromatic heterocycles. The number of rotatable bonds is 4. The molecule has 7 atom stereocenters. The highest BCUT2D eigenvalue weighted by molar-refractivity contribution is 6.74. The van der Waals surface area contributed by atoms with Gasteiger partial charge in [-0.05, 0) is 92.5 Å². The Morgan fingerprint density at radius 3 is 2.06 bits per heavy atom. The Labute approximate surface area is 224 Å².